The van der Waals surface area contributed by atoms with Gasteiger partial charge in [0.1, 0.15) is 0 Å². The fourth-order valence-electron chi connectivity index (χ4n) is 1.20. The van der Waals surface area contributed by atoms with Crippen LogP contribution < -0.4 is 5.73 Å². The first-order valence-corrected chi connectivity index (χ1v) is 5.76. The molecule has 1 rings (SSSR count). The zero-order valence-corrected chi connectivity index (χ0v) is 11.0. The SMILES string of the molecule is CC(C)C(C)(N)c1cc(Cl)cc(Br)c1. The van der Waals surface area contributed by atoms with Crippen LogP contribution in [0.2, 0.25) is 5.02 Å². The molecule has 0 saturated heterocycles. The van der Waals surface area contributed by atoms with Gasteiger partial charge in [0.2, 0.25) is 0 Å². The zero-order valence-electron chi connectivity index (χ0n) is 8.64. The summed E-state index contributed by atoms with van der Waals surface area (Å²) >= 11 is 9.39. The van der Waals surface area contributed by atoms with Gasteiger partial charge >= 0.3 is 0 Å². The lowest BCUT2D eigenvalue weighted by atomic mass is 9.83. The molecule has 1 aromatic rings. The molecule has 0 aromatic heterocycles. The van der Waals surface area contributed by atoms with Gasteiger partial charge in [-0.15, -0.1) is 0 Å². The van der Waals surface area contributed by atoms with E-state index in [1.807, 2.05) is 25.1 Å². The van der Waals surface area contributed by atoms with E-state index in [9.17, 15) is 0 Å². The van der Waals surface area contributed by atoms with Crippen molar-refractivity contribution in [3.05, 3.63) is 33.3 Å². The van der Waals surface area contributed by atoms with Crippen LogP contribution in [0.5, 0.6) is 0 Å². The fourth-order valence-corrected chi connectivity index (χ4v) is 2.06. The predicted octanol–water partition coefficient (Wildman–Crippen LogP) is 3.93. The topological polar surface area (TPSA) is 26.0 Å². The molecule has 0 aliphatic carbocycles. The summed E-state index contributed by atoms with van der Waals surface area (Å²) < 4.78 is 0.970. The summed E-state index contributed by atoms with van der Waals surface area (Å²) in [5, 5.41) is 0.715. The molecule has 0 bridgehead atoms. The summed E-state index contributed by atoms with van der Waals surface area (Å²) in [7, 11) is 0. The summed E-state index contributed by atoms with van der Waals surface area (Å²) in [6, 6.07) is 5.81. The smallest absolute Gasteiger partial charge is 0.0420 e. The maximum atomic E-state index is 6.24. The van der Waals surface area contributed by atoms with Crippen molar-refractivity contribution in [3.8, 4) is 0 Å². The van der Waals surface area contributed by atoms with Gasteiger partial charge in [0.15, 0.2) is 0 Å². The Kier molecular flexibility index (Phi) is 3.62. The highest BCUT2D eigenvalue weighted by Gasteiger charge is 2.25. The van der Waals surface area contributed by atoms with Crippen LogP contribution in [0.3, 0.4) is 0 Å². The normalized spacial score (nSPS) is 15.6. The third-order valence-electron chi connectivity index (χ3n) is 2.68. The molecule has 14 heavy (non-hydrogen) atoms. The number of nitrogens with two attached hydrogens (primary N) is 1. The molecule has 0 aliphatic rings. The van der Waals surface area contributed by atoms with Crippen LogP contribution in [0.1, 0.15) is 26.3 Å². The monoisotopic (exact) mass is 275 g/mol. The average molecular weight is 277 g/mol. The van der Waals surface area contributed by atoms with Crippen molar-refractivity contribution >= 4 is 27.5 Å². The Morgan fingerprint density at radius 2 is 1.93 bits per heavy atom. The van der Waals surface area contributed by atoms with E-state index in [2.05, 4.69) is 29.8 Å². The number of rotatable bonds is 2. The predicted molar refractivity (Wildman–Crippen MR) is 65.5 cm³/mol. The van der Waals surface area contributed by atoms with Crippen molar-refractivity contribution in [1.82, 2.24) is 0 Å². The molecule has 0 heterocycles. The van der Waals surface area contributed by atoms with Gasteiger partial charge in [-0.05, 0) is 36.6 Å². The molecule has 1 nitrogen and oxygen atoms in total. The molecule has 1 aromatic carbocycles. The van der Waals surface area contributed by atoms with E-state index in [1.165, 1.54) is 0 Å². The molecular weight excluding hydrogens is 261 g/mol. The Labute approximate surface area is 98.8 Å². The molecule has 2 N–H and O–H groups in total. The van der Waals surface area contributed by atoms with Crippen LogP contribution in [0.25, 0.3) is 0 Å². The van der Waals surface area contributed by atoms with Gasteiger partial charge < -0.3 is 5.73 Å². The standard InChI is InChI=1S/C11H15BrClN/c1-7(2)11(3,14)8-4-9(12)6-10(13)5-8/h4-7H,14H2,1-3H3. The minimum atomic E-state index is -0.340. The first-order valence-electron chi connectivity index (χ1n) is 4.59. The molecule has 0 radical (unpaired) electrons. The Morgan fingerprint density at radius 3 is 2.36 bits per heavy atom. The largest absolute Gasteiger partial charge is 0.321 e. The van der Waals surface area contributed by atoms with Gasteiger partial charge in [0.05, 0.1) is 0 Å². The number of hydrogen-bond acceptors (Lipinski definition) is 1. The molecule has 0 amide bonds. The minimum absolute atomic E-state index is 0.340. The van der Waals surface area contributed by atoms with E-state index in [4.69, 9.17) is 17.3 Å². The van der Waals surface area contributed by atoms with E-state index in [0.717, 1.165) is 10.0 Å². The van der Waals surface area contributed by atoms with Crippen molar-refractivity contribution in [2.24, 2.45) is 11.7 Å². The van der Waals surface area contributed by atoms with Crippen LogP contribution in [0.4, 0.5) is 0 Å². The molecule has 0 fully saturated rings. The van der Waals surface area contributed by atoms with Gasteiger partial charge in [0, 0.05) is 15.0 Å². The molecule has 0 saturated carbocycles. The first-order chi connectivity index (χ1) is 6.34. The molecule has 0 aliphatic heterocycles. The Bertz CT molecular complexity index is 314. The van der Waals surface area contributed by atoms with Crippen molar-refractivity contribution in [2.75, 3.05) is 0 Å². The summed E-state index contributed by atoms with van der Waals surface area (Å²) in [6.45, 7) is 6.24. The third-order valence-corrected chi connectivity index (χ3v) is 3.36. The lowest BCUT2D eigenvalue weighted by molar-refractivity contribution is 0.350. The Morgan fingerprint density at radius 1 is 1.36 bits per heavy atom. The lowest BCUT2D eigenvalue weighted by Crippen LogP contribution is -2.38. The van der Waals surface area contributed by atoms with Crippen LogP contribution >= 0.6 is 27.5 Å². The average Bonchev–Trinajstić information content (AvgIpc) is 2.01. The number of benzene rings is 1. The molecule has 78 valence electrons. The van der Waals surface area contributed by atoms with Crippen molar-refractivity contribution in [3.63, 3.8) is 0 Å². The quantitative estimate of drug-likeness (QED) is 0.870. The van der Waals surface area contributed by atoms with Crippen LogP contribution in [0, 0.1) is 5.92 Å². The number of hydrogen-bond donors (Lipinski definition) is 1. The summed E-state index contributed by atoms with van der Waals surface area (Å²) in [5.41, 5.74) is 6.96. The second-order valence-electron chi connectivity index (χ2n) is 4.10. The summed E-state index contributed by atoms with van der Waals surface area (Å²) in [5.74, 6) is 0.368. The second-order valence-corrected chi connectivity index (χ2v) is 5.45. The van der Waals surface area contributed by atoms with E-state index in [1.54, 1.807) is 0 Å². The van der Waals surface area contributed by atoms with Gasteiger partial charge in [-0.2, -0.15) is 0 Å². The van der Waals surface area contributed by atoms with E-state index in [-0.39, 0.29) is 5.54 Å². The minimum Gasteiger partial charge on any atom is -0.321 e. The molecule has 1 atom stereocenters. The Hall–Kier alpha value is -0.0500. The van der Waals surface area contributed by atoms with Crippen molar-refractivity contribution in [1.29, 1.82) is 0 Å². The van der Waals surface area contributed by atoms with E-state index >= 15 is 0 Å². The molecular formula is C11H15BrClN. The van der Waals surface area contributed by atoms with Gasteiger partial charge in [-0.1, -0.05) is 41.4 Å². The van der Waals surface area contributed by atoms with Crippen LogP contribution in [-0.4, -0.2) is 0 Å². The molecule has 1 unspecified atom stereocenters. The third kappa shape index (κ3) is 2.50. The van der Waals surface area contributed by atoms with Crippen molar-refractivity contribution in [2.45, 2.75) is 26.3 Å². The van der Waals surface area contributed by atoms with E-state index < -0.39 is 0 Å². The molecule has 3 heteroatoms. The highest BCUT2D eigenvalue weighted by Crippen LogP contribution is 2.30. The first kappa shape index (κ1) is 12.0. The van der Waals surface area contributed by atoms with Gasteiger partial charge in [0.25, 0.3) is 0 Å². The molecule has 0 spiro atoms. The van der Waals surface area contributed by atoms with Gasteiger partial charge in [-0.25, -0.2) is 0 Å². The highest BCUT2D eigenvalue weighted by molar-refractivity contribution is 9.10. The van der Waals surface area contributed by atoms with Crippen LogP contribution in [-0.2, 0) is 5.54 Å². The maximum Gasteiger partial charge on any atom is 0.0420 e. The maximum absolute atomic E-state index is 6.24. The Balaban J connectivity index is 3.18. The van der Waals surface area contributed by atoms with Crippen LogP contribution in [0.15, 0.2) is 22.7 Å². The zero-order chi connectivity index (χ0) is 10.9. The van der Waals surface area contributed by atoms with Crippen molar-refractivity contribution < 1.29 is 0 Å². The summed E-state index contributed by atoms with van der Waals surface area (Å²) in [4.78, 5) is 0. The fraction of sp³-hybridized carbons (Fsp3) is 0.455. The second kappa shape index (κ2) is 4.21. The van der Waals surface area contributed by atoms with E-state index in [0.29, 0.717) is 10.9 Å². The number of halogens is 2. The highest BCUT2D eigenvalue weighted by atomic mass is 79.9. The summed E-state index contributed by atoms with van der Waals surface area (Å²) in [6.07, 6.45) is 0. The van der Waals surface area contributed by atoms with Gasteiger partial charge in [-0.3, -0.25) is 0 Å². The lowest BCUT2D eigenvalue weighted by Gasteiger charge is -2.30.